The van der Waals surface area contributed by atoms with Crippen molar-refractivity contribution in [3.63, 3.8) is 0 Å². The quantitative estimate of drug-likeness (QED) is 0.893. The number of aromatic nitrogens is 4. The third-order valence-corrected chi connectivity index (χ3v) is 3.88. The molecule has 1 aromatic carbocycles. The largest absolute Gasteiger partial charge is 0.381 e. The summed E-state index contributed by atoms with van der Waals surface area (Å²) in [6, 6.07) is 9.79. The van der Waals surface area contributed by atoms with E-state index in [0.717, 1.165) is 31.7 Å². The summed E-state index contributed by atoms with van der Waals surface area (Å²) in [7, 11) is 1.74. The maximum Gasteiger partial charge on any atom is 0.247 e. The third-order valence-electron chi connectivity index (χ3n) is 3.88. The number of methoxy groups -OCH3 is 1. The van der Waals surface area contributed by atoms with E-state index in [0.29, 0.717) is 12.5 Å². The lowest BCUT2D eigenvalue weighted by atomic mass is 9.94. The first-order valence-corrected chi connectivity index (χ1v) is 7.04. The Kier molecular flexibility index (Phi) is 4.12. The topological polar surface area (TPSA) is 74.1 Å². The summed E-state index contributed by atoms with van der Waals surface area (Å²) in [5.74, 6) is 0.615. The summed E-state index contributed by atoms with van der Waals surface area (Å²) < 4.78 is 12.8. The fourth-order valence-electron chi connectivity index (χ4n) is 2.48. The molecule has 2 heterocycles. The number of tetrazole rings is 1. The van der Waals surface area contributed by atoms with Crippen LogP contribution in [0.4, 0.5) is 5.95 Å². The van der Waals surface area contributed by atoms with Gasteiger partial charge in [-0.2, -0.15) is 4.68 Å². The molecule has 3 rings (SSSR count). The van der Waals surface area contributed by atoms with Gasteiger partial charge < -0.3 is 14.8 Å². The van der Waals surface area contributed by atoms with Gasteiger partial charge in [-0.3, -0.25) is 0 Å². The van der Waals surface area contributed by atoms with Gasteiger partial charge in [0.2, 0.25) is 5.95 Å². The van der Waals surface area contributed by atoms with Crippen LogP contribution < -0.4 is 5.32 Å². The number of hydrogen-bond acceptors (Lipinski definition) is 6. The molecule has 1 N–H and O–H groups in total. The average molecular weight is 289 g/mol. The molecule has 0 aliphatic carbocycles. The summed E-state index contributed by atoms with van der Waals surface area (Å²) in [6.07, 6.45) is 1.73. The first-order chi connectivity index (χ1) is 10.3. The molecule has 1 saturated heterocycles. The highest BCUT2D eigenvalue weighted by atomic mass is 16.5. The average Bonchev–Trinajstić information content (AvgIpc) is 3.03. The molecule has 1 aliphatic heterocycles. The van der Waals surface area contributed by atoms with Gasteiger partial charge in [0.25, 0.3) is 0 Å². The lowest BCUT2D eigenvalue weighted by molar-refractivity contribution is -0.0808. The van der Waals surface area contributed by atoms with Crippen LogP contribution in [0.25, 0.3) is 5.69 Å². The molecular formula is C14H19N5O2. The fourth-order valence-corrected chi connectivity index (χ4v) is 2.48. The summed E-state index contributed by atoms with van der Waals surface area (Å²) >= 11 is 0. The van der Waals surface area contributed by atoms with Crippen LogP contribution >= 0.6 is 0 Å². The highest BCUT2D eigenvalue weighted by molar-refractivity contribution is 5.38. The fraction of sp³-hybridized carbons (Fsp3) is 0.500. The van der Waals surface area contributed by atoms with Gasteiger partial charge in [0.15, 0.2) is 0 Å². The molecule has 7 nitrogen and oxygen atoms in total. The standard InChI is InChI=1S/C14H19N5O2/c1-20-14(7-9-21-10-8-14)11-15-13-16-17-18-19(13)12-5-3-2-4-6-12/h2-6H,7-11H2,1H3,(H,15,16,18). The highest BCUT2D eigenvalue weighted by Crippen LogP contribution is 2.25. The molecule has 0 bridgehead atoms. The van der Waals surface area contributed by atoms with Gasteiger partial charge in [-0.25, -0.2) is 0 Å². The van der Waals surface area contributed by atoms with Crippen LogP contribution in [-0.2, 0) is 9.47 Å². The molecule has 0 unspecified atom stereocenters. The number of ether oxygens (including phenoxy) is 2. The third kappa shape index (κ3) is 3.03. The van der Waals surface area contributed by atoms with Crippen LogP contribution in [0.15, 0.2) is 30.3 Å². The molecule has 0 atom stereocenters. The van der Waals surface area contributed by atoms with Crippen molar-refractivity contribution >= 4 is 5.95 Å². The number of nitrogens with zero attached hydrogens (tertiary/aromatic N) is 4. The van der Waals surface area contributed by atoms with E-state index < -0.39 is 0 Å². The Hall–Kier alpha value is -1.99. The minimum Gasteiger partial charge on any atom is -0.381 e. The number of para-hydroxylation sites is 1. The number of hydrogen-bond donors (Lipinski definition) is 1. The van der Waals surface area contributed by atoms with Gasteiger partial charge >= 0.3 is 0 Å². The van der Waals surface area contributed by atoms with Gasteiger partial charge in [-0.1, -0.05) is 23.3 Å². The first kappa shape index (κ1) is 14.0. The Morgan fingerprint density at radius 3 is 2.76 bits per heavy atom. The Balaban J connectivity index is 1.73. The summed E-state index contributed by atoms with van der Waals surface area (Å²) in [5, 5.41) is 15.1. The van der Waals surface area contributed by atoms with Crippen LogP contribution in [0, 0.1) is 0 Å². The molecular weight excluding hydrogens is 270 g/mol. The van der Waals surface area contributed by atoms with Crippen molar-refractivity contribution in [2.24, 2.45) is 0 Å². The number of nitrogens with one attached hydrogen (secondary N) is 1. The summed E-state index contributed by atoms with van der Waals surface area (Å²) in [6.45, 7) is 2.10. The van der Waals surface area contributed by atoms with Crippen molar-refractivity contribution in [3.05, 3.63) is 30.3 Å². The van der Waals surface area contributed by atoms with Crippen LogP contribution in [-0.4, -0.2) is 52.7 Å². The van der Waals surface area contributed by atoms with Crippen molar-refractivity contribution in [2.45, 2.75) is 18.4 Å². The van der Waals surface area contributed by atoms with Gasteiger partial charge in [-0.05, 0) is 22.6 Å². The predicted molar refractivity (Wildman–Crippen MR) is 77.4 cm³/mol. The zero-order chi connectivity index (χ0) is 14.5. The van der Waals surface area contributed by atoms with Crippen LogP contribution in [0.3, 0.4) is 0 Å². The maximum atomic E-state index is 5.70. The molecule has 0 saturated carbocycles. The van der Waals surface area contributed by atoms with Crippen LogP contribution in [0.2, 0.25) is 0 Å². The molecule has 0 spiro atoms. The number of benzene rings is 1. The predicted octanol–water partition coefficient (Wildman–Crippen LogP) is 1.27. The van der Waals surface area contributed by atoms with Crippen LogP contribution in [0.1, 0.15) is 12.8 Å². The second-order valence-electron chi connectivity index (χ2n) is 5.10. The van der Waals surface area contributed by atoms with E-state index in [1.807, 2.05) is 30.3 Å². The Morgan fingerprint density at radius 2 is 2.05 bits per heavy atom. The van der Waals surface area contributed by atoms with Crippen LogP contribution in [0.5, 0.6) is 0 Å². The van der Waals surface area contributed by atoms with E-state index in [4.69, 9.17) is 9.47 Å². The van der Waals surface area contributed by atoms with Crippen molar-refractivity contribution in [3.8, 4) is 5.69 Å². The summed E-state index contributed by atoms with van der Waals surface area (Å²) in [4.78, 5) is 0. The van der Waals surface area contributed by atoms with Gasteiger partial charge in [0, 0.05) is 39.7 Å². The number of rotatable bonds is 5. The first-order valence-electron chi connectivity index (χ1n) is 7.04. The van der Waals surface area contributed by atoms with E-state index >= 15 is 0 Å². The zero-order valence-electron chi connectivity index (χ0n) is 12.0. The lowest BCUT2D eigenvalue weighted by Gasteiger charge is -2.35. The van der Waals surface area contributed by atoms with Gasteiger partial charge in [0.05, 0.1) is 11.3 Å². The van der Waals surface area contributed by atoms with Gasteiger partial charge in [0.1, 0.15) is 0 Å². The van der Waals surface area contributed by atoms with E-state index in [1.165, 1.54) is 0 Å². The van der Waals surface area contributed by atoms with E-state index in [9.17, 15) is 0 Å². The van der Waals surface area contributed by atoms with Gasteiger partial charge in [-0.15, -0.1) is 0 Å². The maximum absolute atomic E-state index is 5.70. The van der Waals surface area contributed by atoms with E-state index in [2.05, 4.69) is 20.8 Å². The lowest BCUT2D eigenvalue weighted by Crippen LogP contribution is -2.44. The Morgan fingerprint density at radius 1 is 1.29 bits per heavy atom. The minimum absolute atomic E-state index is 0.217. The van der Waals surface area contributed by atoms with Crippen molar-refractivity contribution in [1.82, 2.24) is 20.2 Å². The normalized spacial score (nSPS) is 17.6. The molecule has 112 valence electrons. The van der Waals surface area contributed by atoms with Crippen molar-refractivity contribution < 1.29 is 9.47 Å². The van der Waals surface area contributed by atoms with E-state index in [1.54, 1.807) is 11.8 Å². The second kappa shape index (κ2) is 6.19. The monoisotopic (exact) mass is 289 g/mol. The molecule has 21 heavy (non-hydrogen) atoms. The zero-order valence-corrected chi connectivity index (χ0v) is 12.0. The molecule has 0 radical (unpaired) electrons. The van der Waals surface area contributed by atoms with E-state index in [-0.39, 0.29) is 5.60 Å². The second-order valence-corrected chi connectivity index (χ2v) is 5.10. The number of anilines is 1. The van der Waals surface area contributed by atoms with Crippen molar-refractivity contribution in [1.29, 1.82) is 0 Å². The molecule has 1 aromatic heterocycles. The minimum atomic E-state index is -0.217. The Labute approximate surface area is 123 Å². The molecule has 7 heteroatoms. The molecule has 2 aromatic rings. The summed E-state index contributed by atoms with van der Waals surface area (Å²) in [5.41, 5.74) is 0.703. The van der Waals surface area contributed by atoms with Crippen molar-refractivity contribution in [2.75, 3.05) is 32.2 Å². The smallest absolute Gasteiger partial charge is 0.247 e. The molecule has 1 fully saturated rings. The molecule has 0 amide bonds. The highest BCUT2D eigenvalue weighted by Gasteiger charge is 2.32. The SMILES string of the molecule is COC1(CNc2nnnn2-c2ccccc2)CCOCC1. The molecule has 1 aliphatic rings. The Bertz CT molecular complexity index is 566.